The van der Waals surface area contributed by atoms with Gasteiger partial charge in [0.2, 0.25) is 0 Å². The lowest BCUT2D eigenvalue weighted by molar-refractivity contribution is -0.883. The number of likely N-dealkylation sites (N-methyl/N-ethyl adjacent to an activating group) is 1. The second-order valence-electron chi connectivity index (χ2n) is 11.1. The molecule has 4 heteroatoms. The second-order valence-corrected chi connectivity index (χ2v) is 11.1. The first kappa shape index (κ1) is 30.5. The van der Waals surface area contributed by atoms with Crippen molar-refractivity contribution in [3.8, 4) is 5.75 Å². The molecule has 0 aromatic heterocycles. The first-order valence-corrected chi connectivity index (χ1v) is 14.0. The zero-order valence-electron chi connectivity index (χ0n) is 23.6. The van der Waals surface area contributed by atoms with Crippen molar-refractivity contribution in [2.24, 2.45) is 0 Å². The van der Waals surface area contributed by atoms with Crippen molar-refractivity contribution in [2.45, 2.75) is 105 Å². The van der Waals surface area contributed by atoms with E-state index in [-0.39, 0.29) is 0 Å². The average molecular weight is 476 g/mol. The van der Waals surface area contributed by atoms with Crippen molar-refractivity contribution in [1.29, 1.82) is 0 Å². The summed E-state index contributed by atoms with van der Waals surface area (Å²) in [5, 5.41) is 0. The Morgan fingerprint density at radius 1 is 0.912 bits per heavy atom. The quantitative estimate of drug-likeness (QED) is 0.155. The van der Waals surface area contributed by atoms with E-state index in [1.165, 1.54) is 49.7 Å². The number of benzene rings is 1. The summed E-state index contributed by atoms with van der Waals surface area (Å²) in [6.45, 7) is 15.2. The number of amides is 1. The van der Waals surface area contributed by atoms with Crippen molar-refractivity contribution < 1.29 is 14.0 Å². The molecule has 0 saturated carbocycles. The Labute approximate surface area is 211 Å². The third kappa shape index (κ3) is 12.8. The van der Waals surface area contributed by atoms with Crippen LogP contribution < -0.4 is 4.74 Å². The fraction of sp³-hybridized carbons (Fsp3) is 0.767. The largest absolute Gasteiger partial charge is 0.493 e. The second kappa shape index (κ2) is 17.0. The van der Waals surface area contributed by atoms with Crippen LogP contribution in [0.5, 0.6) is 5.75 Å². The van der Waals surface area contributed by atoms with Crippen molar-refractivity contribution in [1.82, 2.24) is 4.90 Å². The highest BCUT2D eigenvalue weighted by Gasteiger charge is 2.23. The van der Waals surface area contributed by atoms with Gasteiger partial charge < -0.3 is 14.1 Å². The van der Waals surface area contributed by atoms with E-state index in [1.54, 1.807) is 0 Å². The number of carbonyl (C=O) groups excluding carboxylic acids is 1. The topological polar surface area (TPSA) is 29.5 Å². The molecule has 0 radical (unpaired) electrons. The summed E-state index contributed by atoms with van der Waals surface area (Å²) in [5.74, 6) is 1.85. The van der Waals surface area contributed by atoms with Gasteiger partial charge in [-0.25, -0.2) is 0 Å². The number of ether oxygens (including phenoxy) is 1. The van der Waals surface area contributed by atoms with Crippen LogP contribution >= 0.6 is 0 Å². The standard InChI is InChI=1S/C30H55N2O2/c1-8-10-12-14-20-31(21-15-13-11-9-2)30(33)25-32(6,7)22-16-17-23-34-29-24-28(26(3)4)19-18-27(29)5/h18-19,24,26H,8-17,20-23,25H2,1-7H3/q+1. The molecule has 0 aliphatic heterocycles. The zero-order valence-corrected chi connectivity index (χ0v) is 23.6. The molecule has 34 heavy (non-hydrogen) atoms. The summed E-state index contributed by atoms with van der Waals surface area (Å²) >= 11 is 0. The maximum atomic E-state index is 13.2. The maximum absolute atomic E-state index is 13.2. The molecule has 0 fully saturated rings. The van der Waals surface area contributed by atoms with Gasteiger partial charge in [-0.1, -0.05) is 78.4 Å². The third-order valence-electron chi connectivity index (χ3n) is 6.77. The Hall–Kier alpha value is -1.55. The molecule has 0 spiro atoms. The molecule has 0 aliphatic rings. The molecule has 0 unspecified atom stereocenters. The highest BCUT2D eigenvalue weighted by molar-refractivity contribution is 5.77. The van der Waals surface area contributed by atoms with Gasteiger partial charge in [0.05, 0.1) is 27.2 Å². The van der Waals surface area contributed by atoms with E-state index in [0.29, 0.717) is 18.4 Å². The Balaban J connectivity index is 2.46. The van der Waals surface area contributed by atoms with Crippen LogP contribution in [0.1, 0.15) is 109 Å². The predicted octanol–water partition coefficient (Wildman–Crippen LogP) is 7.34. The monoisotopic (exact) mass is 475 g/mol. The zero-order chi connectivity index (χ0) is 25.4. The van der Waals surface area contributed by atoms with Crippen LogP contribution in [0.15, 0.2) is 18.2 Å². The summed E-state index contributed by atoms with van der Waals surface area (Å²) in [6.07, 6.45) is 11.8. The van der Waals surface area contributed by atoms with Gasteiger partial charge in [-0.15, -0.1) is 0 Å². The van der Waals surface area contributed by atoms with Gasteiger partial charge >= 0.3 is 0 Å². The fourth-order valence-electron chi connectivity index (χ4n) is 4.32. The van der Waals surface area contributed by atoms with E-state index in [9.17, 15) is 4.79 Å². The molecule has 1 aromatic rings. The molecule has 1 rings (SSSR count). The molecule has 0 N–H and O–H groups in total. The van der Waals surface area contributed by atoms with Gasteiger partial charge in [0.1, 0.15) is 5.75 Å². The van der Waals surface area contributed by atoms with Crippen LogP contribution in [0.3, 0.4) is 0 Å². The number of rotatable bonds is 19. The molecule has 196 valence electrons. The van der Waals surface area contributed by atoms with Gasteiger partial charge in [-0.05, 0) is 55.7 Å². The Bertz CT molecular complexity index is 672. The molecule has 0 bridgehead atoms. The molecule has 1 amide bonds. The minimum atomic E-state index is 0.329. The van der Waals surface area contributed by atoms with Crippen LogP contribution in [0.2, 0.25) is 0 Å². The van der Waals surface area contributed by atoms with Crippen LogP contribution in [-0.4, -0.2) is 62.2 Å². The summed E-state index contributed by atoms with van der Waals surface area (Å²) in [5.41, 5.74) is 2.52. The Morgan fingerprint density at radius 3 is 2.09 bits per heavy atom. The normalized spacial score (nSPS) is 11.8. The van der Waals surface area contributed by atoms with Gasteiger partial charge in [0.15, 0.2) is 6.54 Å². The number of aryl methyl sites for hydroxylation is 1. The molecule has 0 saturated heterocycles. The van der Waals surface area contributed by atoms with E-state index < -0.39 is 0 Å². The van der Waals surface area contributed by atoms with E-state index in [1.807, 2.05) is 0 Å². The van der Waals surface area contributed by atoms with Crippen molar-refractivity contribution in [3.05, 3.63) is 29.3 Å². The first-order chi connectivity index (χ1) is 16.2. The summed E-state index contributed by atoms with van der Waals surface area (Å²) in [4.78, 5) is 15.3. The van der Waals surface area contributed by atoms with Crippen molar-refractivity contribution in [3.63, 3.8) is 0 Å². The van der Waals surface area contributed by atoms with Crippen LogP contribution in [0, 0.1) is 6.92 Å². The Morgan fingerprint density at radius 2 is 1.53 bits per heavy atom. The number of quaternary nitrogens is 1. The molecule has 4 nitrogen and oxygen atoms in total. The molecule has 0 atom stereocenters. The van der Waals surface area contributed by atoms with E-state index in [4.69, 9.17) is 4.74 Å². The molecular formula is C30H55N2O2+. The smallest absolute Gasteiger partial charge is 0.277 e. The molecule has 0 heterocycles. The number of hydrogen-bond donors (Lipinski definition) is 0. The molecule has 1 aromatic carbocycles. The lowest BCUT2D eigenvalue weighted by Gasteiger charge is -2.32. The van der Waals surface area contributed by atoms with Gasteiger partial charge in [-0.2, -0.15) is 0 Å². The number of unbranched alkanes of at least 4 members (excludes halogenated alkanes) is 7. The van der Waals surface area contributed by atoms with Crippen LogP contribution in [0.25, 0.3) is 0 Å². The maximum Gasteiger partial charge on any atom is 0.277 e. The first-order valence-electron chi connectivity index (χ1n) is 14.0. The van der Waals surface area contributed by atoms with Crippen molar-refractivity contribution in [2.75, 3.05) is 46.9 Å². The van der Waals surface area contributed by atoms with Crippen molar-refractivity contribution >= 4 is 5.91 Å². The highest BCUT2D eigenvalue weighted by Crippen LogP contribution is 2.24. The average Bonchev–Trinajstić information content (AvgIpc) is 2.78. The fourth-order valence-corrected chi connectivity index (χ4v) is 4.32. The predicted molar refractivity (Wildman–Crippen MR) is 147 cm³/mol. The van der Waals surface area contributed by atoms with E-state index in [0.717, 1.165) is 62.2 Å². The lowest BCUT2D eigenvalue weighted by Crippen LogP contribution is -2.49. The van der Waals surface area contributed by atoms with Crippen LogP contribution in [0.4, 0.5) is 0 Å². The van der Waals surface area contributed by atoms with E-state index in [2.05, 4.69) is 71.8 Å². The SMILES string of the molecule is CCCCCCN(CCCCCC)C(=O)C[N+](C)(C)CCCCOc1cc(C(C)C)ccc1C. The van der Waals surface area contributed by atoms with Crippen LogP contribution in [-0.2, 0) is 4.79 Å². The van der Waals surface area contributed by atoms with E-state index >= 15 is 0 Å². The highest BCUT2D eigenvalue weighted by atomic mass is 16.5. The van der Waals surface area contributed by atoms with Gasteiger partial charge in [0.25, 0.3) is 5.91 Å². The van der Waals surface area contributed by atoms with Gasteiger partial charge in [-0.3, -0.25) is 4.79 Å². The summed E-state index contributed by atoms with van der Waals surface area (Å²) < 4.78 is 6.86. The lowest BCUT2D eigenvalue weighted by atomic mass is 10.0. The molecule has 0 aliphatic carbocycles. The third-order valence-corrected chi connectivity index (χ3v) is 6.77. The van der Waals surface area contributed by atoms with Gasteiger partial charge in [0, 0.05) is 13.1 Å². The minimum absolute atomic E-state index is 0.329. The summed E-state index contributed by atoms with van der Waals surface area (Å²) in [6, 6.07) is 6.54. The summed E-state index contributed by atoms with van der Waals surface area (Å²) in [7, 11) is 4.39. The minimum Gasteiger partial charge on any atom is -0.493 e. The number of hydrogen-bond acceptors (Lipinski definition) is 2. The number of nitrogens with zero attached hydrogens (tertiary/aromatic N) is 2. The number of carbonyl (C=O) groups is 1. The molecular weight excluding hydrogens is 420 g/mol. The Kier molecular flexibility index (Phi) is 15.2.